The summed E-state index contributed by atoms with van der Waals surface area (Å²) < 4.78 is 0.990. The first-order chi connectivity index (χ1) is 6.25. The van der Waals surface area contributed by atoms with Gasteiger partial charge in [-0.1, -0.05) is 17.7 Å². The number of hydrogen-bond donors (Lipinski definition) is 0. The van der Waals surface area contributed by atoms with Crippen molar-refractivity contribution in [1.29, 1.82) is 0 Å². The van der Waals surface area contributed by atoms with Gasteiger partial charge in [-0.05, 0) is 28.1 Å². The van der Waals surface area contributed by atoms with E-state index in [1.807, 2.05) is 12.1 Å². The van der Waals surface area contributed by atoms with Crippen LogP contribution < -0.4 is 0 Å². The Bertz CT molecular complexity index is 430. The van der Waals surface area contributed by atoms with E-state index >= 15 is 0 Å². The molecular formula is C8H4BrClN2S. The molecule has 0 bridgehead atoms. The molecule has 0 aliphatic carbocycles. The molecule has 5 heteroatoms. The Morgan fingerprint density at radius 3 is 2.85 bits per heavy atom. The average Bonchev–Trinajstić information content (AvgIpc) is 2.52. The number of hydrogen-bond acceptors (Lipinski definition) is 3. The molecule has 0 spiro atoms. The van der Waals surface area contributed by atoms with Gasteiger partial charge in [-0.2, -0.15) is 0 Å². The molecule has 2 aromatic rings. The van der Waals surface area contributed by atoms with Gasteiger partial charge in [0.1, 0.15) is 15.9 Å². The summed E-state index contributed by atoms with van der Waals surface area (Å²) in [6, 6.07) is 5.49. The van der Waals surface area contributed by atoms with E-state index in [0.717, 1.165) is 14.5 Å². The lowest BCUT2D eigenvalue weighted by Crippen LogP contribution is -1.80. The lowest BCUT2D eigenvalue weighted by molar-refractivity contribution is 1.29. The van der Waals surface area contributed by atoms with Crippen LogP contribution in [0.4, 0.5) is 0 Å². The maximum atomic E-state index is 5.76. The molecule has 0 aliphatic rings. The zero-order chi connectivity index (χ0) is 9.26. The van der Waals surface area contributed by atoms with Crippen LogP contribution in [0.25, 0.3) is 10.7 Å². The predicted molar refractivity (Wildman–Crippen MR) is 58.1 cm³/mol. The predicted octanol–water partition coefficient (Wildman–Crippen LogP) is 3.62. The molecule has 66 valence electrons. The van der Waals surface area contributed by atoms with E-state index in [4.69, 9.17) is 11.6 Å². The number of rotatable bonds is 1. The van der Waals surface area contributed by atoms with Gasteiger partial charge in [0.25, 0.3) is 0 Å². The minimum absolute atomic E-state index is 0.490. The van der Waals surface area contributed by atoms with Crippen molar-refractivity contribution in [1.82, 2.24) is 9.97 Å². The van der Waals surface area contributed by atoms with Crippen molar-refractivity contribution in [3.63, 3.8) is 0 Å². The van der Waals surface area contributed by atoms with Crippen LogP contribution in [0.5, 0.6) is 0 Å². The van der Waals surface area contributed by atoms with Crippen molar-refractivity contribution in [3.05, 3.63) is 33.3 Å². The Kier molecular flexibility index (Phi) is 2.62. The molecule has 13 heavy (non-hydrogen) atoms. The summed E-state index contributed by atoms with van der Waals surface area (Å²) in [7, 11) is 0. The van der Waals surface area contributed by atoms with Gasteiger partial charge < -0.3 is 0 Å². The summed E-state index contributed by atoms with van der Waals surface area (Å²) in [5.74, 6) is 0. The van der Waals surface area contributed by atoms with Gasteiger partial charge in [-0.25, -0.2) is 9.97 Å². The topological polar surface area (TPSA) is 25.8 Å². The first-order valence-corrected chi connectivity index (χ1v) is 5.49. The van der Waals surface area contributed by atoms with Crippen LogP contribution in [0.2, 0.25) is 5.15 Å². The van der Waals surface area contributed by atoms with E-state index in [1.54, 1.807) is 12.3 Å². The fraction of sp³-hybridized carbons (Fsp3) is 0. The number of aromatic nitrogens is 2. The summed E-state index contributed by atoms with van der Waals surface area (Å²) in [5, 5.41) is 1.36. The number of thiazole rings is 1. The molecule has 2 nitrogen and oxygen atoms in total. The summed E-state index contributed by atoms with van der Waals surface area (Å²) >= 11 is 10.6. The highest BCUT2D eigenvalue weighted by molar-refractivity contribution is 9.11. The minimum Gasteiger partial charge on any atom is -0.242 e. The SMILES string of the molecule is Clc1cccc(-c2ncc(Br)s2)n1. The van der Waals surface area contributed by atoms with E-state index < -0.39 is 0 Å². The zero-order valence-corrected chi connectivity index (χ0v) is 9.53. The summed E-state index contributed by atoms with van der Waals surface area (Å²) in [6.07, 6.45) is 1.75. The van der Waals surface area contributed by atoms with Gasteiger partial charge in [0.2, 0.25) is 0 Å². The molecule has 0 aliphatic heterocycles. The number of halogens is 2. The molecule has 0 aromatic carbocycles. The molecule has 2 heterocycles. The smallest absolute Gasteiger partial charge is 0.142 e. The average molecular weight is 276 g/mol. The molecule has 0 unspecified atom stereocenters. The van der Waals surface area contributed by atoms with Crippen LogP contribution in [0.15, 0.2) is 28.2 Å². The third-order valence-electron chi connectivity index (χ3n) is 1.41. The Hall–Kier alpha value is -0.450. The highest BCUT2D eigenvalue weighted by Gasteiger charge is 2.04. The molecule has 0 atom stereocenters. The van der Waals surface area contributed by atoms with E-state index in [2.05, 4.69) is 25.9 Å². The normalized spacial score (nSPS) is 10.3. The van der Waals surface area contributed by atoms with Crippen molar-refractivity contribution >= 4 is 38.9 Å². The van der Waals surface area contributed by atoms with Crippen molar-refractivity contribution in [2.75, 3.05) is 0 Å². The van der Waals surface area contributed by atoms with Gasteiger partial charge in [0.15, 0.2) is 0 Å². The zero-order valence-electron chi connectivity index (χ0n) is 6.37. The highest BCUT2D eigenvalue weighted by Crippen LogP contribution is 2.27. The lowest BCUT2D eigenvalue weighted by Gasteiger charge is -1.94. The van der Waals surface area contributed by atoms with Gasteiger partial charge in [-0.15, -0.1) is 11.3 Å². The second-order valence-electron chi connectivity index (χ2n) is 2.32. The Morgan fingerprint density at radius 2 is 2.23 bits per heavy atom. The molecular weight excluding hydrogens is 272 g/mol. The first-order valence-electron chi connectivity index (χ1n) is 3.50. The second-order valence-corrected chi connectivity index (χ2v) is 5.11. The Morgan fingerprint density at radius 1 is 1.38 bits per heavy atom. The largest absolute Gasteiger partial charge is 0.242 e. The van der Waals surface area contributed by atoms with E-state index in [-0.39, 0.29) is 0 Å². The van der Waals surface area contributed by atoms with Crippen LogP contribution >= 0.6 is 38.9 Å². The number of nitrogens with zero attached hydrogens (tertiary/aromatic N) is 2. The molecule has 0 amide bonds. The van der Waals surface area contributed by atoms with Gasteiger partial charge in [-0.3, -0.25) is 0 Å². The number of pyridine rings is 1. The lowest BCUT2D eigenvalue weighted by atomic mass is 10.4. The first kappa shape index (κ1) is 9.12. The third kappa shape index (κ3) is 2.07. The van der Waals surface area contributed by atoms with Crippen molar-refractivity contribution < 1.29 is 0 Å². The summed E-state index contributed by atoms with van der Waals surface area (Å²) in [6.45, 7) is 0. The maximum absolute atomic E-state index is 5.76. The summed E-state index contributed by atoms with van der Waals surface area (Å²) in [4.78, 5) is 8.33. The van der Waals surface area contributed by atoms with E-state index in [9.17, 15) is 0 Å². The van der Waals surface area contributed by atoms with Crippen molar-refractivity contribution in [2.24, 2.45) is 0 Å². The third-order valence-corrected chi connectivity index (χ3v) is 3.12. The fourth-order valence-electron chi connectivity index (χ4n) is 0.900. The molecule has 0 radical (unpaired) electrons. The van der Waals surface area contributed by atoms with E-state index in [0.29, 0.717) is 5.15 Å². The van der Waals surface area contributed by atoms with Crippen LogP contribution in [-0.4, -0.2) is 9.97 Å². The quantitative estimate of drug-likeness (QED) is 0.743. The van der Waals surface area contributed by atoms with E-state index in [1.165, 1.54) is 11.3 Å². The molecule has 0 saturated heterocycles. The van der Waals surface area contributed by atoms with Gasteiger partial charge in [0.05, 0.1) is 9.98 Å². The molecule has 0 fully saturated rings. The molecule has 2 aromatic heterocycles. The van der Waals surface area contributed by atoms with Crippen LogP contribution in [0.1, 0.15) is 0 Å². The monoisotopic (exact) mass is 274 g/mol. The minimum atomic E-state index is 0.490. The molecule has 0 N–H and O–H groups in total. The fourth-order valence-corrected chi connectivity index (χ4v) is 2.24. The highest BCUT2D eigenvalue weighted by atomic mass is 79.9. The Labute approximate surface area is 92.7 Å². The van der Waals surface area contributed by atoms with Gasteiger partial charge in [0, 0.05) is 0 Å². The molecule has 2 rings (SSSR count). The maximum Gasteiger partial charge on any atom is 0.142 e. The van der Waals surface area contributed by atoms with Gasteiger partial charge >= 0.3 is 0 Å². The Balaban J connectivity index is 2.46. The molecule has 0 saturated carbocycles. The van der Waals surface area contributed by atoms with Crippen molar-refractivity contribution in [3.8, 4) is 10.7 Å². The standard InChI is InChI=1S/C8H4BrClN2S/c9-6-4-11-8(13-6)5-2-1-3-7(10)12-5/h1-4H. The van der Waals surface area contributed by atoms with Crippen molar-refractivity contribution in [2.45, 2.75) is 0 Å². The van der Waals surface area contributed by atoms with Crippen LogP contribution in [0, 0.1) is 0 Å². The van der Waals surface area contributed by atoms with Crippen LogP contribution in [0.3, 0.4) is 0 Å². The van der Waals surface area contributed by atoms with Crippen LogP contribution in [-0.2, 0) is 0 Å². The summed E-state index contributed by atoms with van der Waals surface area (Å²) in [5.41, 5.74) is 0.809. The second kappa shape index (κ2) is 3.74.